The van der Waals surface area contributed by atoms with Crippen molar-refractivity contribution in [1.82, 2.24) is 14.8 Å². The van der Waals surface area contributed by atoms with Crippen molar-refractivity contribution >= 4 is 29.3 Å². The smallest absolute Gasteiger partial charge is 0.316 e. The normalized spacial score (nSPS) is 10.7. The molecule has 1 heterocycles. The van der Waals surface area contributed by atoms with Crippen LogP contribution in [-0.4, -0.2) is 40.2 Å². The van der Waals surface area contributed by atoms with E-state index >= 15 is 0 Å². The summed E-state index contributed by atoms with van der Waals surface area (Å²) in [6.45, 7) is 4.66. The van der Waals surface area contributed by atoms with Gasteiger partial charge in [0.1, 0.15) is 18.1 Å². The van der Waals surface area contributed by atoms with E-state index in [0.29, 0.717) is 28.4 Å². The van der Waals surface area contributed by atoms with Gasteiger partial charge in [0.2, 0.25) is 0 Å². The molecule has 0 fully saturated rings. The molecule has 3 rings (SSSR count). The molecular formula is C21H22ClN3O4S. The number of carbonyl (C=O) groups excluding carboxylic acids is 1. The highest BCUT2D eigenvalue weighted by Gasteiger charge is 2.17. The molecule has 0 bridgehead atoms. The molecule has 158 valence electrons. The Bertz CT molecular complexity index is 1010. The Balaban J connectivity index is 1.84. The number of esters is 1. The van der Waals surface area contributed by atoms with E-state index in [1.165, 1.54) is 18.9 Å². The van der Waals surface area contributed by atoms with Crippen LogP contribution >= 0.6 is 23.4 Å². The first kappa shape index (κ1) is 22.0. The third-order valence-electron chi connectivity index (χ3n) is 4.16. The van der Waals surface area contributed by atoms with E-state index in [1.807, 2.05) is 60.9 Å². The van der Waals surface area contributed by atoms with Gasteiger partial charge in [0, 0.05) is 5.02 Å². The Morgan fingerprint density at radius 1 is 1.10 bits per heavy atom. The fourth-order valence-electron chi connectivity index (χ4n) is 2.60. The fourth-order valence-corrected chi connectivity index (χ4v) is 3.57. The molecule has 0 radical (unpaired) electrons. The zero-order chi connectivity index (χ0) is 21.5. The number of aromatic nitrogens is 3. The number of thioether (sulfide) groups is 1. The van der Waals surface area contributed by atoms with Gasteiger partial charge in [-0.2, -0.15) is 0 Å². The van der Waals surface area contributed by atoms with Crippen LogP contribution in [-0.2, 0) is 16.1 Å². The second-order valence-electron chi connectivity index (χ2n) is 6.23. The Kier molecular flexibility index (Phi) is 7.59. The Labute approximate surface area is 184 Å². The summed E-state index contributed by atoms with van der Waals surface area (Å²) in [5.74, 6) is 1.82. The molecule has 2 aromatic carbocycles. The minimum absolute atomic E-state index is 0.119. The van der Waals surface area contributed by atoms with Crippen LogP contribution in [0.15, 0.2) is 47.6 Å². The second-order valence-corrected chi connectivity index (χ2v) is 7.58. The maximum absolute atomic E-state index is 11.6. The van der Waals surface area contributed by atoms with Crippen molar-refractivity contribution in [2.45, 2.75) is 25.6 Å². The fraction of sp³-hybridized carbons (Fsp3) is 0.286. The topological polar surface area (TPSA) is 75.5 Å². The molecule has 0 aliphatic carbocycles. The van der Waals surface area contributed by atoms with Gasteiger partial charge in [-0.05, 0) is 55.8 Å². The number of carbonyl (C=O) groups is 1. The summed E-state index contributed by atoms with van der Waals surface area (Å²) in [4.78, 5) is 11.6. The van der Waals surface area contributed by atoms with Gasteiger partial charge in [0.05, 0.1) is 25.2 Å². The van der Waals surface area contributed by atoms with E-state index in [0.717, 1.165) is 17.0 Å². The Morgan fingerprint density at radius 3 is 2.43 bits per heavy atom. The number of nitrogens with zero attached hydrogens (tertiary/aromatic N) is 3. The predicted octanol–water partition coefficient (Wildman–Crippen LogP) is 4.47. The molecular weight excluding hydrogens is 426 g/mol. The summed E-state index contributed by atoms with van der Waals surface area (Å²) in [5.41, 5.74) is 1.75. The molecule has 1 aromatic heterocycles. The molecule has 0 unspecified atom stereocenters. The number of hydrogen-bond acceptors (Lipinski definition) is 7. The van der Waals surface area contributed by atoms with Gasteiger partial charge in [-0.3, -0.25) is 9.36 Å². The SMILES string of the molecule is CCOc1ccc(OCc2nnc(SCC(=O)OC)n2-c2ccc(C)c(Cl)c2)cc1. The van der Waals surface area contributed by atoms with Gasteiger partial charge in [0.25, 0.3) is 0 Å². The van der Waals surface area contributed by atoms with Crippen molar-refractivity contribution in [2.75, 3.05) is 19.5 Å². The minimum atomic E-state index is -0.344. The third kappa shape index (κ3) is 5.46. The van der Waals surface area contributed by atoms with Crippen LogP contribution < -0.4 is 9.47 Å². The Morgan fingerprint density at radius 2 is 1.80 bits per heavy atom. The third-order valence-corrected chi connectivity index (χ3v) is 5.47. The average Bonchev–Trinajstić information content (AvgIpc) is 3.16. The maximum Gasteiger partial charge on any atom is 0.316 e. The van der Waals surface area contributed by atoms with Gasteiger partial charge >= 0.3 is 5.97 Å². The van der Waals surface area contributed by atoms with Crippen LogP contribution in [0.1, 0.15) is 18.3 Å². The standard InChI is InChI=1S/C21H22ClN3O4S/c1-4-28-16-7-9-17(10-8-16)29-12-19-23-24-21(30-13-20(26)27-3)25(19)15-6-5-14(2)18(22)11-15/h5-11H,4,12-13H2,1-3H3. The van der Waals surface area contributed by atoms with Gasteiger partial charge < -0.3 is 14.2 Å². The molecule has 0 spiro atoms. The van der Waals surface area contributed by atoms with E-state index in [-0.39, 0.29) is 18.3 Å². The van der Waals surface area contributed by atoms with Gasteiger partial charge in [-0.15, -0.1) is 10.2 Å². The number of aryl methyl sites for hydroxylation is 1. The largest absolute Gasteiger partial charge is 0.494 e. The minimum Gasteiger partial charge on any atom is -0.494 e. The number of benzene rings is 2. The maximum atomic E-state index is 11.6. The summed E-state index contributed by atoms with van der Waals surface area (Å²) < 4.78 is 17.9. The molecule has 0 amide bonds. The van der Waals surface area contributed by atoms with E-state index in [1.54, 1.807) is 0 Å². The molecule has 30 heavy (non-hydrogen) atoms. The molecule has 7 nitrogen and oxygen atoms in total. The number of methoxy groups -OCH3 is 1. The van der Waals surface area contributed by atoms with Crippen molar-refractivity contribution in [3.8, 4) is 17.2 Å². The highest BCUT2D eigenvalue weighted by Crippen LogP contribution is 2.27. The number of ether oxygens (including phenoxy) is 3. The van der Waals surface area contributed by atoms with E-state index in [9.17, 15) is 4.79 Å². The molecule has 0 aliphatic heterocycles. The van der Waals surface area contributed by atoms with Crippen LogP contribution in [0, 0.1) is 6.92 Å². The molecule has 0 saturated heterocycles. The summed E-state index contributed by atoms with van der Waals surface area (Å²) in [6.07, 6.45) is 0. The van der Waals surface area contributed by atoms with E-state index in [2.05, 4.69) is 10.2 Å². The number of hydrogen-bond donors (Lipinski definition) is 0. The van der Waals surface area contributed by atoms with Crippen molar-refractivity contribution in [1.29, 1.82) is 0 Å². The monoisotopic (exact) mass is 447 g/mol. The van der Waals surface area contributed by atoms with Crippen LogP contribution in [0.3, 0.4) is 0 Å². The van der Waals surface area contributed by atoms with Crippen LogP contribution in [0.4, 0.5) is 0 Å². The molecule has 0 aliphatic rings. The molecule has 3 aromatic rings. The molecule has 9 heteroatoms. The summed E-state index contributed by atoms with van der Waals surface area (Å²) in [6, 6.07) is 13.0. The second kappa shape index (κ2) is 10.4. The Hall–Kier alpha value is -2.71. The van der Waals surface area contributed by atoms with Crippen LogP contribution in [0.5, 0.6) is 11.5 Å². The number of halogens is 1. The van der Waals surface area contributed by atoms with Crippen LogP contribution in [0.25, 0.3) is 5.69 Å². The lowest BCUT2D eigenvalue weighted by atomic mass is 10.2. The van der Waals surface area contributed by atoms with E-state index < -0.39 is 0 Å². The zero-order valence-electron chi connectivity index (χ0n) is 16.9. The molecule has 0 N–H and O–H groups in total. The lowest BCUT2D eigenvalue weighted by molar-refractivity contribution is -0.137. The molecule has 0 saturated carbocycles. The predicted molar refractivity (Wildman–Crippen MR) is 116 cm³/mol. The van der Waals surface area contributed by atoms with Crippen molar-refractivity contribution in [2.24, 2.45) is 0 Å². The summed E-state index contributed by atoms with van der Waals surface area (Å²) >= 11 is 7.55. The highest BCUT2D eigenvalue weighted by atomic mass is 35.5. The van der Waals surface area contributed by atoms with Crippen LogP contribution in [0.2, 0.25) is 5.02 Å². The summed E-state index contributed by atoms with van der Waals surface area (Å²) in [7, 11) is 1.35. The lowest BCUT2D eigenvalue weighted by Crippen LogP contribution is -2.08. The zero-order valence-corrected chi connectivity index (χ0v) is 18.5. The first-order valence-corrected chi connectivity index (χ1v) is 10.6. The van der Waals surface area contributed by atoms with Gasteiger partial charge in [-0.1, -0.05) is 29.4 Å². The lowest BCUT2D eigenvalue weighted by Gasteiger charge is -2.12. The highest BCUT2D eigenvalue weighted by molar-refractivity contribution is 7.99. The summed E-state index contributed by atoms with van der Waals surface area (Å²) in [5, 5.41) is 9.66. The first-order chi connectivity index (χ1) is 14.5. The average molecular weight is 448 g/mol. The van der Waals surface area contributed by atoms with Crippen molar-refractivity contribution < 1.29 is 19.0 Å². The number of rotatable bonds is 9. The van der Waals surface area contributed by atoms with Gasteiger partial charge in [-0.25, -0.2) is 0 Å². The van der Waals surface area contributed by atoms with Crippen molar-refractivity contribution in [3.63, 3.8) is 0 Å². The van der Waals surface area contributed by atoms with Crippen molar-refractivity contribution in [3.05, 3.63) is 58.9 Å². The van der Waals surface area contributed by atoms with Gasteiger partial charge in [0.15, 0.2) is 11.0 Å². The molecule has 0 atom stereocenters. The van der Waals surface area contributed by atoms with E-state index in [4.69, 9.17) is 25.8 Å². The first-order valence-electron chi connectivity index (χ1n) is 9.28. The quantitative estimate of drug-likeness (QED) is 0.353.